The summed E-state index contributed by atoms with van der Waals surface area (Å²) in [5.41, 5.74) is -0.214. The minimum Gasteiger partial charge on any atom is -0.480 e. The minimum absolute atomic E-state index is 0.171. The molecule has 1 aliphatic carbocycles. The van der Waals surface area contributed by atoms with Gasteiger partial charge in [0.2, 0.25) is 5.91 Å². The zero-order valence-corrected chi connectivity index (χ0v) is 10.3. The van der Waals surface area contributed by atoms with E-state index >= 15 is 0 Å². The predicted octanol–water partition coefficient (Wildman–Crippen LogP) is 2.12. The minimum atomic E-state index is -1.19. The number of carbonyl (C=O) groups is 2. The second-order valence-corrected chi connectivity index (χ2v) is 4.85. The number of hydrogen-bond donors (Lipinski definition) is 2. The van der Waals surface area contributed by atoms with Crippen LogP contribution < -0.4 is 5.32 Å². The number of aliphatic carboxylic acids is 1. The van der Waals surface area contributed by atoms with Crippen LogP contribution in [0.15, 0.2) is 30.3 Å². The van der Waals surface area contributed by atoms with Crippen molar-refractivity contribution in [3.05, 3.63) is 35.9 Å². The van der Waals surface area contributed by atoms with E-state index in [9.17, 15) is 14.7 Å². The van der Waals surface area contributed by atoms with Gasteiger partial charge in [0.15, 0.2) is 0 Å². The summed E-state index contributed by atoms with van der Waals surface area (Å²) in [6.45, 7) is 1.86. The highest BCUT2D eigenvalue weighted by Crippen LogP contribution is 2.41. The van der Waals surface area contributed by atoms with Crippen LogP contribution in [0.4, 0.5) is 0 Å². The summed E-state index contributed by atoms with van der Waals surface area (Å²) in [6, 6.07) is 9.36. The summed E-state index contributed by atoms with van der Waals surface area (Å²) >= 11 is 0. The van der Waals surface area contributed by atoms with Crippen molar-refractivity contribution >= 4 is 11.9 Å². The lowest BCUT2D eigenvalue weighted by atomic mass is 9.68. The van der Waals surface area contributed by atoms with E-state index in [1.54, 1.807) is 0 Å². The van der Waals surface area contributed by atoms with E-state index in [1.165, 1.54) is 0 Å². The molecule has 0 aromatic heterocycles. The van der Waals surface area contributed by atoms with Gasteiger partial charge in [-0.15, -0.1) is 0 Å². The number of hydrogen-bond acceptors (Lipinski definition) is 2. The maximum Gasteiger partial charge on any atom is 0.319 e. The van der Waals surface area contributed by atoms with Gasteiger partial charge in [-0.2, -0.15) is 0 Å². The highest BCUT2D eigenvalue weighted by atomic mass is 16.4. The molecule has 0 saturated heterocycles. The maximum absolute atomic E-state index is 12.1. The second-order valence-electron chi connectivity index (χ2n) is 4.85. The Morgan fingerprint density at radius 2 is 1.89 bits per heavy atom. The van der Waals surface area contributed by atoms with Crippen LogP contribution in [0.5, 0.6) is 0 Å². The van der Waals surface area contributed by atoms with E-state index in [0.717, 1.165) is 12.0 Å². The van der Waals surface area contributed by atoms with Crippen LogP contribution in [0.1, 0.15) is 37.8 Å². The number of carbonyl (C=O) groups excluding carboxylic acids is 1. The molecule has 1 aromatic carbocycles. The van der Waals surface area contributed by atoms with E-state index in [0.29, 0.717) is 12.8 Å². The quantitative estimate of drug-likeness (QED) is 0.801. The molecule has 4 heteroatoms. The molecule has 18 heavy (non-hydrogen) atoms. The fourth-order valence-corrected chi connectivity index (χ4v) is 2.23. The first-order chi connectivity index (χ1) is 8.56. The Labute approximate surface area is 106 Å². The number of rotatable bonds is 4. The molecule has 1 aliphatic rings. The molecule has 2 rings (SSSR count). The Hall–Kier alpha value is -1.84. The third-order valence-corrected chi connectivity index (χ3v) is 3.70. The van der Waals surface area contributed by atoms with Gasteiger partial charge in [-0.25, -0.2) is 0 Å². The normalized spacial score (nSPS) is 18.5. The van der Waals surface area contributed by atoms with Crippen molar-refractivity contribution in [2.45, 2.75) is 32.2 Å². The van der Waals surface area contributed by atoms with E-state index in [2.05, 4.69) is 5.32 Å². The molecule has 96 valence electrons. The molecular formula is C14H17NO3. The van der Waals surface area contributed by atoms with Crippen molar-refractivity contribution in [2.75, 3.05) is 0 Å². The summed E-state index contributed by atoms with van der Waals surface area (Å²) in [6.07, 6.45) is 1.69. The third kappa shape index (κ3) is 2.10. The summed E-state index contributed by atoms with van der Waals surface area (Å²) in [7, 11) is 0. The van der Waals surface area contributed by atoms with Crippen LogP contribution in [0.25, 0.3) is 0 Å². The molecule has 0 spiro atoms. The van der Waals surface area contributed by atoms with Gasteiger partial charge in [-0.3, -0.25) is 9.59 Å². The molecule has 1 atom stereocenters. The van der Waals surface area contributed by atoms with E-state index in [-0.39, 0.29) is 11.9 Å². The molecule has 1 saturated carbocycles. The molecule has 0 radical (unpaired) electrons. The third-order valence-electron chi connectivity index (χ3n) is 3.70. The zero-order chi connectivity index (χ0) is 13.2. The van der Waals surface area contributed by atoms with Crippen molar-refractivity contribution in [1.82, 2.24) is 5.32 Å². The van der Waals surface area contributed by atoms with Gasteiger partial charge in [0.05, 0.1) is 6.04 Å². The van der Waals surface area contributed by atoms with Crippen molar-refractivity contribution < 1.29 is 14.7 Å². The molecule has 0 bridgehead atoms. The lowest BCUT2D eigenvalue weighted by molar-refractivity contribution is -0.162. The standard InChI is InChI=1S/C14H17NO3/c1-10(11-6-3-2-4-7-11)15-12(16)14(13(17)18)8-5-9-14/h2-4,6-7,10H,5,8-9H2,1H3,(H,15,16)(H,17,18)/t10-/m1/s1. The first-order valence-corrected chi connectivity index (χ1v) is 6.15. The Morgan fingerprint density at radius 3 is 2.33 bits per heavy atom. The van der Waals surface area contributed by atoms with Crippen LogP contribution in [-0.4, -0.2) is 17.0 Å². The summed E-state index contributed by atoms with van der Waals surface area (Å²) in [5.74, 6) is -1.37. The monoisotopic (exact) mass is 247 g/mol. The smallest absolute Gasteiger partial charge is 0.319 e. The zero-order valence-electron chi connectivity index (χ0n) is 10.3. The van der Waals surface area contributed by atoms with Crippen molar-refractivity contribution in [2.24, 2.45) is 5.41 Å². The van der Waals surface area contributed by atoms with Gasteiger partial charge >= 0.3 is 5.97 Å². The Morgan fingerprint density at radius 1 is 1.28 bits per heavy atom. The number of carboxylic acids is 1. The largest absolute Gasteiger partial charge is 0.480 e. The van der Waals surface area contributed by atoms with Gasteiger partial charge in [0, 0.05) is 0 Å². The average molecular weight is 247 g/mol. The molecule has 1 aromatic rings. The van der Waals surface area contributed by atoms with Crippen LogP contribution in [0.3, 0.4) is 0 Å². The topological polar surface area (TPSA) is 66.4 Å². The number of benzene rings is 1. The molecule has 4 nitrogen and oxygen atoms in total. The number of nitrogens with one attached hydrogen (secondary N) is 1. The molecule has 2 N–H and O–H groups in total. The molecule has 0 heterocycles. The van der Waals surface area contributed by atoms with Gasteiger partial charge in [0.1, 0.15) is 5.41 Å². The number of carboxylic acid groups (broad SMARTS) is 1. The molecule has 1 fully saturated rings. The SMILES string of the molecule is C[C@@H](NC(=O)C1(C(=O)O)CCC1)c1ccccc1. The first-order valence-electron chi connectivity index (χ1n) is 6.15. The van der Waals surface area contributed by atoms with Gasteiger partial charge in [-0.1, -0.05) is 36.8 Å². The van der Waals surface area contributed by atoms with Crippen molar-refractivity contribution in [1.29, 1.82) is 0 Å². The van der Waals surface area contributed by atoms with Crippen LogP contribution in [0.2, 0.25) is 0 Å². The highest BCUT2D eigenvalue weighted by molar-refractivity contribution is 6.02. The second kappa shape index (κ2) is 4.80. The Balaban J connectivity index is 2.06. The summed E-state index contributed by atoms with van der Waals surface area (Å²) < 4.78 is 0. The van der Waals surface area contributed by atoms with E-state index in [1.807, 2.05) is 37.3 Å². The van der Waals surface area contributed by atoms with Gasteiger partial charge in [-0.05, 0) is 25.3 Å². The molecular weight excluding hydrogens is 230 g/mol. The summed E-state index contributed by atoms with van der Waals surface area (Å²) in [5, 5.41) is 12.0. The fourth-order valence-electron chi connectivity index (χ4n) is 2.23. The summed E-state index contributed by atoms with van der Waals surface area (Å²) in [4.78, 5) is 23.3. The van der Waals surface area contributed by atoms with Crippen molar-refractivity contribution in [3.8, 4) is 0 Å². The first kappa shape index (κ1) is 12.6. The van der Waals surface area contributed by atoms with E-state index in [4.69, 9.17) is 0 Å². The average Bonchev–Trinajstić information content (AvgIpc) is 2.28. The van der Waals surface area contributed by atoms with Crippen molar-refractivity contribution in [3.63, 3.8) is 0 Å². The molecule has 0 aliphatic heterocycles. The highest BCUT2D eigenvalue weighted by Gasteiger charge is 2.51. The lowest BCUT2D eigenvalue weighted by Gasteiger charge is -2.36. The van der Waals surface area contributed by atoms with Gasteiger partial charge in [0.25, 0.3) is 0 Å². The fraction of sp³-hybridized carbons (Fsp3) is 0.429. The van der Waals surface area contributed by atoms with Crippen LogP contribution in [-0.2, 0) is 9.59 Å². The molecule has 0 unspecified atom stereocenters. The van der Waals surface area contributed by atoms with Crippen LogP contribution in [0, 0.1) is 5.41 Å². The van der Waals surface area contributed by atoms with Crippen LogP contribution >= 0.6 is 0 Å². The Kier molecular flexibility index (Phi) is 3.36. The lowest BCUT2D eigenvalue weighted by Crippen LogP contribution is -2.51. The number of amides is 1. The predicted molar refractivity (Wildman–Crippen MR) is 66.9 cm³/mol. The maximum atomic E-state index is 12.1. The van der Waals surface area contributed by atoms with E-state index < -0.39 is 11.4 Å². The Bertz CT molecular complexity index is 451. The van der Waals surface area contributed by atoms with Gasteiger partial charge < -0.3 is 10.4 Å². The molecule has 1 amide bonds.